The predicted octanol–water partition coefficient (Wildman–Crippen LogP) is 0.802. The zero-order valence-electron chi connectivity index (χ0n) is 10.3. The Labute approximate surface area is 106 Å². The van der Waals surface area contributed by atoms with E-state index < -0.39 is 0 Å². The number of pyridine rings is 1. The molecular formula is C13H19N3O2. The Morgan fingerprint density at radius 1 is 1.50 bits per heavy atom. The van der Waals surface area contributed by atoms with Gasteiger partial charge in [0.05, 0.1) is 5.69 Å². The number of nitrogens with two attached hydrogens (primary N) is 1. The molecule has 1 aliphatic rings. The first-order valence-corrected chi connectivity index (χ1v) is 6.32. The van der Waals surface area contributed by atoms with Crippen LogP contribution in [0.25, 0.3) is 0 Å². The Morgan fingerprint density at radius 2 is 2.28 bits per heavy atom. The normalized spacial score (nSPS) is 22.9. The number of aliphatic hydroxyl groups is 1. The zero-order valence-corrected chi connectivity index (χ0v) is 10.3. The van der Waals surface area contributed by atoms with Gasteiger partial charge in [-0.1, -0.05) is 6.42 Å². The van der Waals surface area contributed by atoms with Gasteiger partial charge in [0.25, 0.3) is 5.91 Å². The highest BCUT2D eigenvalue weighted by molar-refractivity contribution is 5.96. The SMILES string of the molecule is Nc1cccnc1C(=O)NCC1CCCC1CO. The van der Waals surface area contributed by atoms with Crippen molar-refractivity contribution in [1.82, 2.24) is 10.3 Å². The number of aliphatic hydroxyl groups excluding tert-OH is 1. The highest BCUT2D eigenvalue weighted by Crippen LogP contribution is 2.30. The number of anilines is 1. The molecule has 0 aliphatic heterocycles. The molecule has 5 heteroatoms. The Bertz CT molecular complexity index is 422. The van der Waals surface area contributed by atoms with Crippen molar-refractivity contribution >= 4 is 11.6 Å². The third-order valence-corrected chi connectivity index (χ3v) is 3.63. The average molecular weight is 249 g/mol. The summed E-state index contributed by atoms with van der Waals surface area (Å²) in [5, 5.41) is 12.1. The predicted molar refractivity (Wildman–Crippen MR) is 68.9 cm³/mol. The molecule has 1 saturated carbocycles. The van der Waals surface area contributed by atoms with Crippen molar-refractivity contribution < 1.29 is 9.90 Å². The van der Waals surface area contributed by atoms with Crippen LogP contribution in [0.15, 0.2) is 18.3 Å². The number of rotatable bonds is 4. The van der Waals surface area contributed by atoms with Crippen molar-refractivity contribution in [1.29, 1.82) is 0 Å². The molecule has 0 bridgehead atoms. The fourth-order valence-electron chi connectivity index (χ4n) is 2.54. The van der Waals surface area contributed by atoms with Crippen LogP contribution in [-0.4, -0.2) is 29.1 Å². The number of hydrogen-bond acceptors (Lipinski definition) is 4. The summed E-state index contributed by atoms with van der Waals surface area (Å²) in [7, 11) is 0. The summed E-state index contributed by atoms with van der Waals surface area (Å²) < 4.78 is 0. The molecule has 1 amide bonds. The zero-order chi connectivity index (χ0) is 13.0. The molecule has 1 fully saturated rings. The quantitative estimate of drug-likeness (QED) is 0.736. The number of hydrogen-bond donors (Lipinski definition) is 3. The van der Waals surface area contributed by atoms with Gasteiger partial charge in [-0.15, -0.1) is 0 Å². The van der Waals surface area contributed by atoms with Crippen LogP contribution in [0.3, 0.4) is 0 Å². The summed E-state index contributed by atoms with van der Waals surface area (Å²) >= 11 is 0. The van der Waals surface area contributed by atoms with E-state index in [9.17, 15) is 9.90 Å². The summed E-state index contributed by atoms with van der Waals surface area (Å²) in [4.78, 5) is 15.9. The molecule has 0 aromatic carbocycles. The first kappa shape index (κ1) is 12.8. The van der Waals surface area contributed by atoms with Gasteiger partial charge in [0, 0.05) is 19.3 Å². The van der Waals surface area contributed by atoms with Gasteiger partial charge in [0.1, 0.15) is 0 Å². The minimum absolute atomic E-state index is 0.201. The van der Waals surface area contributed by atoms with Crippen LogP contribution >= 0.6 is 0 Å². The van der Waals surface area contributed by atoms with E-state index >= 15 is 0 Å². The van der Waals surface area contributed by atoms with Gasteiger partial charge in [-0.25, -0.2) is 4.98 Å². The van der Waals surface area contributed by atoms with Gasteiger partial charge in [-0.05, 0) is 36.8 Å². The van der Waals surface area contributed by atoms with Crippen LogP contribution < -0.4 is 11.1 Å². The number of nitrogens with one attached hydrogen (secondary N) is 1. The molecule has 2 rings (SSSR count). The van der Waals surface area contributed by atoms with E-state index in [0.29, 0.717) is 24.1 Å². The van der Waals surface area contributed by atoms with Crippen LogP contribution in [0.1, 0.15) is 29.8 Å². The van der Waals surface area contributed by atoms with Gasteiger partial charge >= 0.3 is 0 Å². The van der Waals surface area contributed by atoms with E-state index in [4.69, 9.17) is 5.73 Å². The van der Waals surface area contributed by atoms with E-state index in [2.05, 4.69) is 10.3 Å². The summed E-state index contributed by atoms with van der Waals surface area (Å²) in [6.07, 6.45) is 4.78. The lowest BCUT2D eigenvalue weighted by atomic mass is 9.97. The number of amides is 1. The summed E-state index contributed by atoms with van der Waals surface area (Å²) in [5.41, 5.74) is 6.36. The molecule has 0 radical (unpaired) electrons. The van der Waals surface area contributed by atoms with Crippen LogP contribution in [0.2, 0.25) is 0 Å². The fraction of sp³-hybridized carbons (Fsp3) is 0.538. The lowest BCUT2D eigenvalue weighted by Gasteiger charge is -2.17. The molecule has 1 aliphatic carbocycles. The lowest BCUT2D eigenvalue weighted by Crippen LogP contribution is -2.32. The van der Waals surface area contributed by atoms with Gasteiger partial charge in [-0.3, -0.25) is 4.79 Å². The highest BCUT2D eigenvalue weighted by atomic mass is 16.3. The summed E-state index contributed by atoms with van der Waals surface area (Å²) in [6.45, 7) is 0.784. The van der Waals surface area contributed by atoms with E-state index in [1.165, 1.54) is 0 Å². The van der Waals surface area contributed by atoms with Gasteiger partial charge < -0.3 is 16.2 Å². The monoisotopic (exact) mass is 249 g/mol. The molecule has 2 atom stereocenters. The van der Waals surface area contributed by atoms with Gasteiger partial charge in [0.15, 0.2) is 5.69 Å². The standard InChI is InChI=1S/C13H19N3O2/c14-11-5-2-6-15-12(11)13(18)16-7-9-3-1-4-10(9)8-17/h2,5-6,9-10,17H,1,3-4,7-8,14H2,(H,16,18). The smallest absolute Gasteiger partial charge is 0.272 e. The Balaban J connectivity index is 1.91. The van der Waals surface area contributed by atoms with Crippen molar-refractivity contribution in [2.45, 2.75) is 19.3 Å². The molecule has 0 spiro atoms. The second-order valence-electron chi connectivity index (χ2n) is 4.78. The summed E-state index contributed by atoms with van der Waals surface area (Å²) in [6, 6.07) is 3.36. The molecule has 1 heterocycles. The topological polar surface area (TPSA) is 88.2 Å². The Hall–Kier alpha value is -1.62. The van der Waals surface area contributed by atoms with Crippen molar-refractivity contribution in [3.8, 4) is 0 Å². The van der Waals surface area contributed by atoms with E-state index in [-0.39, 0.29) is 18.2 Å². The maximum absolute atomic E-state index is 11.9. The third kappa shape index (κ3) is 2.79. The van der Waals surface area contributed by atoms with E-state index in [1.54, 1.807) is 18.3 Å². The number of aromatic nitrogens is 1. The average Bonchev–Trinajstić information content (AvgIpc) is 2.84. The molecule has 98 valence electrons. The van der Waals surface area contributed by atoms with Gasteiger partial charge in [-0.2, -0.15) is 0 Å². The molecule has 1 aromatic heterocycles. The molecule has 5 nitrogen and oxygen atoms in total. The maximum atomic E-state index is 11.9. The third-order valence-electron chi connectivity index (χ3n) is 3.63. The fourth-order valence-corrected chi connectivity index (χ4v) is 2.54. The molecule has 18 heavy (non-hydrogen) atoms. The van der Waals surface area contributed by atoms with Crippen molar-refractivity contribution in [2.24, 2.45) is 11.8 Å². The van der Waals surface area contributed by atoms with Gasteiger partial charge in [0.2, 0.25) is 0 Å². The second kappa shape index (κ2) is 5.82. The maximum Gasteiger partial charge on any atom is 0.272 e. The second-order valence-corrected chi connectivity index (χ2v) is 4.78. The van der Waals surface area contributed by atoms with Crippen LogP contribution in [0.4, 0.5) is 5.69 Å². The van der Waals surface area contributed by atoms with Crippen LogP contribution in [-0.2, 0) is 0 Å². The number of nitrogens with zero attached hydrogens (tertiary/aromatic N) is 1. The summed E-state index contributed by atoms with van der Waals surface area (Å²) in [5.74, 6) is 0.437. The molecular weight excluding hydrogens is 230 g/mol. The number of carbonyl (C=O) groups is 1. The first-order valence-electron chi connectivity index (χ1n) is 6.32. The van der Waals surface area contributed by atoms with Crippen LogP contribution in [0.5, 0.6) is 0 Å². The number of nitrogen functional groups attached to an aromatic ring is 1. The van der Waals surface area contributed by atoms with Crippen molar-refractivity contribution in [3.63, 3.8) is 0 Å². The largest absolute Gasteiger partial charge is 0.397 e. The lowest BCUT2D eigenvalue weighted by molar-refractivity contribution is 0.0934. The van der Waals surface area contributed by atoms with Crippen molar-refractivity contribution in [2.75, 3.05) is 18.9 Å². The molecule has 0 saturated heterocycles. The Morgan fingerprint density at radius 3 is 3.00 bits per heavy atom. The Kier molecular flexibility index (Phi) is 4.15. The minimum atomic E-state index is -0.239. The molecule has 1 aromatic rings. The first-order chi connectivity index (χ1) is 8.72. The highest BCUT2D eigenvalue weighted by Gasteiger charge is 2.27. The van der Waals surface area contributed by atoms with E-state index in [1.807, 2.05) is 0 Å². The van der Waals surface area contributed by atoms with Crippen LogP contribution in [0, 0.1) is 11.8 Å². The number of carbonyl (C=O) groups excluding carboxylic acids is 1. The van der Waals surface area contributed by atoms with Crippen molar-refractivity contribution in [3.05, 3.63) is 24.0 Å². The molecule has 2 unspecified atom stereocenters. The molecule has 4 N–H and O–H groups in total. The van der Waals surface area contributed by atoms with E-state index in [0.717, 1.165) is 19.3 Å². The minimum Gasteiger partial charge on any atom is -0.397 e.